The van der Waals surface area contributed by atoms with Gasteiger partial charge in [0.25, 0.3) is 0 Å². The number of methoxy groups -OCH3 is 1. The van der Waals surface area contributed by atoms with Crippen molar-refractivity contribution in [1.82, 2.24) is 0 Å². The molecule has 0 radical (unpaired) electrons. The van der Waals surface area contributed by atoms with E-state index in [2.05, 4.69) is 13.8 Å². The number of hydrogen-bond donors (Lipinski definition) is 0. The number of nitrogens with zero attached hydrogens (tertiary/aromatic N) is 1. The Hall–Kier alpha value is -2.27. The molecule has 1 aliphatic carbocycles. The van der Waals surface area contributed by atoms with E-state index in [1.807, 2.05) is 37.3 Å². The number of Topliss-reactive ketones (excluding diaryl/α,β-unsaturated/α-hetero) is 1. The fraction of sp³-hybridized carbons (Fsp3) is 0.500. The minimum absolute atomic E-state index is 0.0843. The average molecular weight is 369 g/mol. The lowest BCUT2D eigenvalue weighted by Crippen LogP contribution is -2.39. The number of aliphatic imine (C=N–C) groups is 1. The van der Waals surface area contributed by atoms with E-state index in [-0.39, 0.29) is 29.7 Å². The highest BCUT2D eigenvalue weighted by molar-refractivity contribution is 6.09. The summed E-state index contributed by atoms with van der Waals surface area (Å²) in [5.74, 6) is -1.21. The molecule has 0 fully saturated rings. The Balaban J connectivity index is 2.05. The largest absolute Gasteiger partial charge is 0.463 e. The zero-order chi connectivity index (χ0) is 19.6. The van der Waals surface area contributed by atoms with Gasteiger partial charge in [-0.2, -0.15) is 0 Å². The van der Waals surface area contributed by atoms with Crippen LogP contribution in [0.2, 0.25) is 0 Å². The SMILES string of the molecule is COCCOC(=O)C1C(C)=NC2=C(C(=O)CC(C)(C)C2)[C@@H]1c1ccccc1. The van der Waals surface area contributed by atoms with Gasteiger partial charge in [-0.05, 0) is 24.3 Å². The van der Waals surface area contributed by atoms with Gasteiger partial charge in [-0.1, -0.05) is 44.2 Å². The molecule has 2 aliphatic rings. The fourth-order valence-corrected chi connectivity index (χ4v) is 4.09. The molecule has 0 amide bonds. The van der Waals surface area contributed by atoms with Crippen molar-refractivity contribution in [3.05, 3.63) is 47.2 Å². The number of carbonyl (C=O) groups is 2. The summed E-state index contributed by atoms with van der Waals surface area (Å²) in [6.07, 6.45) is 1.20. The molecule has 0 saturated carbocycles. The molecule has 1 aromatic carbocycles. The Morgan fingerprint density at radius 2 is 1.89 bits per heavy atom. The molecule has 1 aromatic rings. The maximum atomic E-state index is 13.1. The summed E-state index contributed by atoms with van der Waals surface area (Å²) in [5, 5.41) is 0. The van der Waals surface area contributed by atoms with Gasteiger partial charge in [-0.3, -0.25) is 14.6 Å². The maximum absolute atomic E-state index is 13.1. The standard InChI is InChI=1S/C22H27NO4/c1-14-18(21(25)27-11-10-26-4)19(15-8-6-5-7-9-15)20-16(23-14)12-22(2,3)13-17(20)24/h5-9,18-19H,10-13H2,1-4H3/t18?,19-/m1/s1. The molecule has 0 aromatic heterocycles. The van der Waals surface area contributed by atoms with Gasteiger partial charge >= 0.3 is 5.97 Å². The van der Waals surface area contributed by atoms with Gasteiger partial charge in [0.1, 0.15) is 12.5 Å². The number of hydrogen-bond acceptors (Lipinski definition) is 5. The van der Waals surface area contributed by atoms with Crippen molar-refractivity contribution in [3.63, 3.8) is 0 Å². The maximum Gasteiger partial charge on any atom is 0.315 e. The quantitative estimate of drug-likeness (QED) is 0.586. The van der Waals surface area contributed by atoms with Crippen LogP contribution in [-0.4, -0.2) is 37.8 Å². The van der Waals surface area contributed by atoms with Gasteiger partial charge in [0.15, 0.2) is 5.78 Å². The van der Waals surface area contributed by atoms with Crippen LogP contribution in [0.25, 0.3) is 0 Å². The highest BCUT2D eigenvalue weighted by Gasteiger charge is 2.45. The van der Waals surface area contributed by atoms with Crippen molar-refractivity contribution in [1.29, 1.82) is 0 Å². The van der Waals surface area contributed by atoms with Crippen molar-refractivity contribution >= 4 is 17.5 Å². The van der Waals surface area contributed by atoms with Crippen LogP contribution in [0, 0.1) is 11.3 Å². The molecule has 27 heavy (non-hydrogen) atoms. The van der Waals surface area contributed by atoms with Gasteiger partial charge in [0, 0.05) is 36.4 Å². The zero-order valence-corrected chi connectivity index (χ0v) is 16.5. The summed E-state index contributed by atoms with van der Waals surface area (Å²) in [6, 6.07) is 9.73. The van der Waals surface area contributed by atoms with Crippen LogP contribution in [0.3, 0.4) is 0 Å². The van der Waals surface area contributed by atoms with Crippen LogP contribution in [0.5, 0.6) is 0 Å². The van der Waals surface area contributed by atoms with E-state index in [0.29, 0.717) is 24.3 Å². The predicted molar refractivity (Wildman–Crippen MR) is 104 cm³/mol. The lowest BCUT2D eigenvalue weighted by molar-refractivity contribution is -0.147. The lowest BCUT2D eigenvalue weighted by atomic mass is 9.67. The van der Waals surface area contributed by atoms with E-state index in [9.17, 15) is 9.59 Å². The summed E-state index contributed by atoms with van der Waals surface area (Å²) < 4.78 is 10.4. The van der Waals surface area contributed by atoms with E-state index >= 15 is 0 Å². The Morgan fingerprint density at radius 3 is 2.56 bits per heavy atom. The van der Waals surface area contributed by atoms with E-state index in [1.54, 1.807) is 7.11 Å². The first-order valence-electron chi connectivity index (χ1n) is 9.36. The Kier molecular flexibility index (Phi) is 5.61. The van der Waals surface area contributed by atoms with E-state index in [4.69, 9.17) is 14.5 Å². The molecule has 1 heterocycles. The van der Waals surface area contributed by atoms with Crippen molar-refractivity contribution < 1.29 is 19.1 Å². The number of ether oxygens (including phenoxy) is 2. The molecule has 5 nitrogen and oxygen atoms in total. The average Bonchev–Trinajstić information content (AvgIpc) is 2.60. The second-order valence-electron chi connectivity index (χ2n) is 8.08. The van der Waals surface area contributed by atoms with Gasteiger partial charge in [-0.25, -0.2) is 0 Å². The molecule has 0 saturated heterocycles. The summed E-state index contributed by atoms with van der Waals surface area (Å²) in [7, 11) is 1.56. The number of carbonyl (C=O) groups excluding carboxylic acids is 2. The molecule has 0 spiro atoms. The molecule has 2 atom stereocenters. The number of esters is 1. The molecule has 0 bridgehead atoms. The molecular formula is C22H27NO4. The third-order valence-corrected chi connectivity index (χ3v) is 5.25. The minimum Gasteiger partial charge on any atom is -0.463 e. The second-order valence-corrected chi connectivity index (χ2v) is 8.08. The number of ketones is 1. The smallest absolute Gasteiger partial charge is 0.315 e. The van der Waals surface area contributed by atoms with Crippen LogP contribution in [0.15, 0.2) is 46.6 Å². The first-order chi connectivity index (χ1) is 12.8. The van der Waals surface area contributed by atoms with E-state index in [1.165, 1.54) is 0 Å². The van der Waals surface area contributed by atoms with Crippen LogP contribution in [-0.2, 0) is 19.1 Å². The summed E-state index contributed by atoms with van der Waals surface area (Å²) >= 11 is 0. The third kappa shape index (κ3) is 4.03. The van der Waals surface area contributed by atoms with Gasteiger partial charge in [0.2, 0.25) is 0 Å². The van der Waals surface area contributed by atoms with Crippen molar-refractivity contribution in [2.24, 2.45) is 16.3 Å². The zero-order valence-electron chi connectivity index (χ0n) is 16.5. The van der Waals surface area contributed by atoms with Crippen molar-refractivity contribution in [2.45, 2.75) is 39.5 Å². The van der Waals surface area contributed by atoms with Gasteiger partial charge < -0.3 is 9.47 Å². The molecule has 3 rings (SSSR count). The Morgan fingerprint density at radius 1 is 1.19 bits per heavy atom. The van der Waals surface area contributed by atoms with Crippen LogP contribution < -0.4 is 0 Å². The number of allylic oxidation sites excluding steroid dienone is 2. The first-order valence-corrected chi connectivity index (χ1v) is 9.36. The Bertz CT molecular complexity index is 792. The van der Waals surface area contributed by atoms with Crippen LogP contribution in [0.4, 0.5) is 0 Å². The highest BCUT2D eigenvalue weighted by atomic mass is 16.6. The van der Waals surface area contributed by atoms with Crippen molar-refractivity contribution in [3.8, 4) is 0 Å². The fourth-order valence-electron chi connectivity index (χ4n) is 4.09. The lowest BCUT2D eigenvalue weighted by Gasteiger charge is -2.39. The third-order valence-electron chi connectivity index (χ3n) is 5.25. The van der Waals surface area contributed by atoms with Gasteiger partial charge in [-0.15, -0.1) is 0 Å². The second kappa shape index (κ2) is 7.77. The summed E-state index contributed by atoms with van der Waals surface area (Å²) in [6.45, 7) is 6.55. The van der Waals surface area contributed by atoms with Crippen LogP contribution >= 0.6 is 0 Å². The molecule has 144 valence electrons. The minimum atomic E-state index is -0.590. The molecular weight excluding hydrogens is 342 g/mol. The first kappa shape index (κ1) is 19.5. The normalized spacial score (nSPS) is 24.3. The molecule has 5 heteroatoms. The van der Waals surface area contributed by atoms with Gasteiger partial charge in [0.05, 0.1) is 6.61 Å². The Labute approximate surface area is 160 Å². The topological polar surface area (TPSA) is 65.0 Å². The molecule has 1 aliphatic heterocycles. The number of benzene rings is 1. The molecule has 1 unspecified atom stereocenters. The molecule has 0 N–H and O–H groups in total. The number of rotatable bonds is 5. The van der Waals surface area contributed by atoms with Crippen molar-refractivity contribution in [2.75, 3.05) is 20.3 Å². The van der Waals surface area contributed by atoms with Crippen LogP contribution in [0.1, 0.15) is 45.1 Å². The summed E-state index contributed by atoms with van der Waals surface area (Å²) in [5.41, 5.74) is 3.03. The summed E-state index contributed by atoms with van der Waals surface area (Å²) in [4.78, 5) is 30.6. The van der Waals surface area contributed by atoms with E-state index < -0.39 is 5.92 Å². The highest BCUT2D eigenvalue weighted by Crippen LogP contribution is 2.47. The van der Waals surface area contributed by atoms with E-state index in [0.717, 1.165) is 17.7 Å². The monoisotopic (exact) mass is 369 g/mol. The predicted octanol–water partition coefficient (Wildman–Crippen LogP) is 3.69.